The van der Waals surface area contributed by atoms with Crippen molar-refractivity contribution in [3.8, 4) is 0 Å². The lowest BCUT2D eigenvalue weighted by molar-refractivity contribution is -0.116. The molecule has 0 bridgehead atoms. The third kappa shape index (κ3) is 4.22. The van der Waals surface area contributed by atoms with E-state index in [1.165, 1.54) is 20.2 Å². The van der Waals surface area contributed by atoms with Crippen LogP contribution in [0.5, 0.6) is 0 Å². The summed E-state index contributed by atoms with van der Waals surface area (Å²) >= 11 is 5.84. The first kappa shape index (κ1) is 18.2. The van der Waals surface area contributed by atoms with Crippen LogP contribution < -0.4 is 10.9 Å². The van der Waals surface area contributed by atoms with Crippen LogP contribution in [0.25, 0.3) is 0 Å². The van der Waals surface area contributed by atoms with Crippen LogP contribution in [0.15, 0.2) is 52.3 Å². The van der Waals surface area contributed by atoms with Crippen molar-refractivity contribution in [2.75, 3.05) is 19.4 Å². The summed E-state index contributed by atoms with van der Waals surface area (Å²) in [6.07, 6.45) is 1.15. The number of benzene rings is 1. The summed E-state index contributed by atoms with van der Waals surface area (Å²) in [5.41, 5.74) is 0.00608. The highest BCUT2D eigenvalue weighted by Crippen LogP contribution is 2.15. The molecule has 2 rings (SSSR count). The molecular weight excluding hydrogens is 354 g/mol. The van der Waals surface area contributed by atoms with Gasteiger partial charge in [-0.25, -0.2) is 12.7 Å². The van der Waals surface area contributed by atoms with Gasteiger partial charge in [0.05, 0.1) is 4.90 Å². The Morgan fingerprint density at radius 1 is 1.25 bits per heavy atom. The first-order valence-electron chi connectivity index (χ1n) is 6.88. The van der Waals surface area contributed by atoms with Crippen molar-refractivity contribution in [3.05, 3.63) is 58.0 Å². The van der Waals surface area contributed by atoms with Gasteiger partial charge in [0.1, 0.15) is 6.54 Å². The number of carbonyl (C=O) groups excluding carboxylic acids is 1. The van der Waals surface area contributed by atoms with Gasteiger partial charge in [0.15, 0.2) is 0 Å². The zero-order valence-electron chi connectivity index (χ0n) is 13.1. The highest BCUT2D eigenvalue weighted by Gasteiger charge is 2.18. The van der Waals surface area contributed by atoms with Crippen LogP contribution in [0, 0.1) is 0 Å². The van der Waals surface area contributed by atoms with E-state index in [4.69, 9.17) is 11.6 Å². The number of hydrogen-bond acceptors (Lipinski definition) is 4. The molecule has 2 aromatic rings. The van der Waals surface area contributed by atoms with E-state index in [-0.39, 0.29) is 11.4 Å². The summed E-state index contributed by atoms with van der Waals surface area (Å²) in [5.74, 6) is -0.473. The maximum Gasteiger partial charge on any atom is 0.251 e. The SMILES string of the molecule is CN(C)S(=O)(=O)c1ccc(=O)n(CC(=O)Nc2cccc(Cl)c2)c1. The van der Waals surface area contributed by atoms with Crippen LogP contribution in [-0.4, -0.2) is 37.3 Å². The minimum absolute atomic E-state index is 0.0670. The Labute approximate surface area is 144 Å². The fourth-order valence-corrected chi connectivity index (χ4v) is 3.03. The van der Waals surface area contributed by atoms with Crippen LogP contribution in [-0.2, 0) is 21.4 Å². The number of sulfonamides is 1. The molecule has 24 heavy (non-hydrogen) atoms. The number of amides is 1. The van der Waals surface area contributed by atoms with Gasteiger partial charge in [0, 0.05) is 37.1 Å². The average Bonchev–Trinajstić information content (AvgIpc) is 2.49. The Hall–Kier alpha value is -2.16. The third-order valence-electron chi connectivity index (χ3n) is 3.16. The van der Waals surface area contributed by atoms with Gasteiger partial charge in [-0.15, -0.1) is 0 Å². The quantitative estimate of drug-likeness (QED) is 0.862. The van der Waals surface area contributed by atoms with Gasteiger partial charge in [0.2, 0.25) is 15.9 Å². The van der Waals surface area contributed by atoms with Crippen LogP contribution in [0.2, 0.25) is 5.02 Å². The molecule has 9 heteroatoms. The van der Waals surface area contributed by atoms with Crippen molar-refractivity contribution >= 4 is 33.2 Å². The van der Waals surface area contributed by atoms with Crippen LogP contribution in [0.3, 0.4) is 0 Å². The fourth-order valence-electron chi connectivity index (χ4n) is 1.92. The van der Waals surface area contributed by atoms with Gasteiger partial charge in [-0.1, -0.05) is 17.7 Å². The molecule has 0 aliphatic rings. The van der Waals surface area contributed by atoms with E-state index >= 15 is 0 Å². The number of carbonyl (C=O) groups is 1. The summed E-state index contributed by atoms with van der Waals surface area (Å²) in [6.45, 7) is -0.317. The Kier molecular flexibility index (Phi) is 5.43. The normalized spacial score (nSPS) is 11.5. The lowest BCUT2D eigenvalue weighted by Crippen LogP contribution is -2.29. The van der Waals surface area contributed by atoms with Gasteiger partial charge in [0.25, 0.3) is 5.56 Å². The van der Waals surface area contributed by atoms with Crippen molar-refractivity contribution in [3.63, 3.8) is 0 Å². The molecule has 1 aromatic heterocycles. The van der Waals surface area contributed by atoms with Crippen molar-refractivity contribution in [2.24, 2.45) is 0 Å². The molecule has 0 aliphatic carbocycles. The predicted octanol–water partition coefficient (Wildman–Crippen LogP) is 1.39. The van der Waals surface area contributed by atoms with Crippen molar-refractivity contribution < 1.29 is 13.2 Å². The van der Waals surface area contributed by atoms with Crippen molar-refractivity contribution in [1.82, 2.24) is 8.87 Å². The Bertz CT molecular complexity index is 922. The summed E-state index contributed by atoms with van der Waals surface area (Å²) < 4.78 is 26.3. The third-order valence-corrected chi connectivity index (χ3v) is 5.19. The molecule has 0 unspecified atom stereocenters. The number of anilines is 1. The first-order valence-corrected chi connectivity index (χ1v) is 8.70. The molecule has 0 fully saturated rings. The molecule has 0 saturated carbocycles. The van der Waals surface area contributed by atoms with Gasteiger partial charge in [-0.3, -0.25) is 9.59 Å². The zero-order chi connectivity index (χ0) is 17.9. The van der Waals surface area contributed by atoms with Gasteiger partial charge < -0.3 is 9.88 Å². The smallest absolute Gasteiger partial charge is 0.251 e. The van der Waals surface area contributed by atoms with E-state index in [1.807, 2.05) is 0 Å². The van der Waals surface area contributed by atoms with E-state index in [0.29, 0.717) is 10.7 Å². The zero-order valence-corrected chi connectivity index (χ0v) is 14.6. The Morgan fingerprint density at radius 2 is 1.96 bits per heavy atom. The maximum absolute atomic E-state index is 12.1. The topological polar surface area (TPSA) is 88.5 Å². The number of rotatable bonds is 5. The Balaban J connectivity index is 2.23. The molecule has 0 saturated heterocycles. The largest absolute Gasteiger partial charge is 0.324 e. The van der Waals surface area contributed by atoms with Crippen LogP contribution >= 0.6 is 11.6 Å². The lowest BCUT2D eigenvalue weighted by atomic mass is 10.3. The second-order valence-corrected chi connectivity index (χ2v) is 7.77. The molecule has 1 aromatic carbocycles. The number of pyridine rings is 1. The summed E-state index contributed by atoms with van der Waals surface area (Å²) in [4.78, 5) is 23.9. The highest BCUT2D eigenvalue weighted by atomic mass is 35.5. The van der Waals surface area contributed by atoms with Crippen LogP contribution in [0.1, 0.15) is 0 Å². The predicted molar refractivity (Wildman–Crippen MR) is 91.7 cm³/mol. The van der Waals surface area contributed by atoms with Gasteiger partial charge in [-0.2, -0.15) is 0 Å². The first-order chi connectivity index (χ1) is 11.2. The fraction of sp³-hybridized carbons (Fsp3) is 0.200. The molecule has 1 heterocycles. The van der Waals surface area contributed by atoms with E-state index < -0.39 is 21.5 Å². The Morgan fingerprint density at radius 3 is 2.58 bits per heavy atom. The molecule has 0 atom stereocenters. The molecule has 7 nitrogen and oxygen atoms in total. The highest BCUT2D eigenvalue weighted by molar-refractivity contribution is 7.89. The van der Waals surface area contributed by atoms with Crippen molar-refractivity contribution in [2.45, 2.75) is 11.4 Å². The second-order valence-electron chi connectivity index (χ2n) is 5.18. The molecule has 0 radical (unpaired) electrons. The number of nitrogens with one attached hydrogen (secondary N) is 1. The number of halogens is 1. The van der Waals surface area contributed by atoms with Gasteiger partial charge in [-0.05, 0) is 24.3 Å². The van der Waals surface area contributed by atoms with E-state index in [9.17, 15) is 18.0 Å². The molecule has 1 amide bonds. The molecule has 128 valence electrons. The maximum atomic E-state index is 12.1. The standard InChI is InChI=1S/C15H16ClN3O4S/c1-18(2)24(22,23)13-6-7-15(21)19(9-13)10-14(20)17-12-5-3-4-11(16)8-12/h3-9H,10H2,1-2H3,(H,17,20). The summed E-state index contributed by atoms with van der Waals surface area (Å²) in [7, 11) is -0.921. The monoisotopic (exact) mass is 369 g/mol. The molecule has 0 spiro atoms. The minimum atomic E-state index is -3.69. The second kappa shape index (κ2) is 7.16. The van der Waals surface area contributed by atoms with E-state index in [1.54, 1.807) is 24.3 Å². The van der Waals surface area contributed by atoms with Gasteiger partial charge >= 0.3 is 0 Å². The molecule has 0 aliphatic heterocycles. The molecule has 1 N–H and O–H groups in total. The number of aromatic nitrogens is 1. The minimum Gasteiger partial charge on any atom is -0.324 e. The van der Waals surface area contributed by atoms with E-state index in [0.717, 1.165) is 21.1 Å². The summed E-state index contributed by atoms with van der Waals surface area (Å²) in [6, 6.07) is 8.88. The van der Waals surface area contributed by atoms with E-state index in [2.05, 4.69) is 5.32 Å². The summed E-state index contributed by atoms with van der Waals surface area (Å²) in [5, 5.41) is 3.06. The lowest BCUT2D eigenvalue weighted by Gasteiger charge is -2.13. The number of nitrogens with zero attached hydrogens (tertiary/aromatic N) is 2. The van der Waals surface area contributed by atoms with Crippen molar-refractivity contribution in [1.29, 1.82) is 0 Å². The average molecular weight is 370 g/mol. The van der Waals surface area contributed by atoms with Crippen LogP contribution in [0.4, 0.5) is 5.69 Å². The molecular formula is C15H16ClN3O4S. The number of hydrogen-bond donors (Lipinski definition) is 1.